The number of rotatable bonds is 5. The molecular weight excluding hydrogens is 246 g/mol. The number of ether oxygens (including phenoxy) is 1. The summed E-state index contributed by atoms with van der Waals surface area (Å²) in [6.45, 7) is 4.16. The summed E-state index contributed by atoms with van der Waals surface area (Å²) >= 11 is 0. The van der Waals surface area contributed by atoms with Crippen molar-refractivity contribution < 1.29 is 14.8 Å². The molecule has 0 spiro atoms. The third-order valence-electron chi connectivity index (χ3n) is 2.39. The zero-order valence-corrected chi connectivity index (χ0v) is 10.8. The minimum atomic E-state index is -1.23. The van der Waals surface area contributed by atoms with Crippen LogP contribution in [0.3, 0.4) is 0 Å². The summed E-state index contributed by atoms with van der Waals surface area (Å²) in [5, 5.41) is 20.4. The normalized spacial score (nSPS) is 11.3. The molecule has 0 aromatic heterocycles. The fourth-order valence-electron chi connectivity index (χ4n) is 1.38. The summed E-state index contributed by atoms with van der Waals surface area (Å²) in [5.74, 6) is 2.47. The Morgan fingerprint density at radius 2 is 2.32 bits per heavy atom. The Morgan fingerprint density at radius 3 is 2.84 bits per heavy atom. The maximum absolute atomic E-state index is 10.7. The first-order valence-electron chi connectivity index (χ1n) is 5.64. The molecular formula is C14H15NO4. The van der Waals surface area contributed by atoms with Gasteiger partial charge in [0.15, 0.2) is 0 Å². The number of non-ortho nitro benzene ring substituents is 1. The lowest BCUT2D eigenvalue weighted by Gasteiger charge is -2.11. The maximum Gasteiger partial charge on any atom is 0.270 e. The molecule has 1 atom stereocenters. The molecule has 100 valence electrons. The monoisotopic (exact) mass is 261 g/mol. The molecule has 0 heterocycles. The van der Waals surface area contributed by atoms with Gasteiger partial charge in [-0.1, -0.05) is 11.5 Å². The van der Waals surface area contributed by atoms with Gasteiger partial charge < -0.3 is 9.84 Å². The van der Waals surface area contributed by atoms with Crippen LogP contribution in [-0.2, 0) is 0 Å². The van der Waals surface area contributed by atoms with Crippen LogP contribution in [0.25, 0.3) is 0 Å². The number of benzene rings is 1. The van der Waals surface area contributed by atoms with Crippen LogP contribution in [0, 0.1) is 22.5 Å². The van der Waals surface area contributed by atoms with E-state index >= 15 is 0 Å². The summed E-state index contributed by atoms with van der Waals surface area (Å²) in [5.41, 5.74) is 1.17. The first-order valence-corrected chi connectivity index (χ1v) is 5.64. The minimum absolute atomic E-state index is 0.140. The van der Waals surface area contributed by atoms with Crippen LogP contribution in [0.1, 0.15) is 25.5 Å². The standard InChI is InChI=1S/C14H15NO4/c1-4-13(16)12-9-11(15(17)18)5-6-14(12)19-8-7-10(2)3/h1,5-7,9,13,16H,8H2,2-3H3. The topological polar surface area (TPSA) is 72.6 Å². The van der Waals surface area contributed by atoms with Crippen molar-refractivity contribution in [1.82, 2.24) is 0 Å². The Balaban J connectivity index is 3.06. The van der Waals surface area contributed by atoms with Crippen molar-refractivity contribution in [2.24, 2.45) is 0 Å². The van der Waals surface area contributed by atoms with Gasteiger partial charge in [0, 0.05) is 17.7 Å². The number of nitro groups is 1. The van der Waals surface area contributed by atoms with Crippen molar-refractivity contribution >= 4 is 5.69 Å². The molecule has 1 aromatic carbocycles. The van der Waals surface area contributed by atoms with E-state index in [4.69, 9.17) is 11.2 Å². The molecule has 0 aliphatic heterocycles. The van der Waals surface area contributed by atoms with E-state index in [2.05, 4.69) is 5.92 Å². The summed E-state index contributed by atoms with van der Waals surface area (Å²) in [6.07, 6.45) is 5.76. The molecule has 1 N–H and O–H groups in total. The molecule has 1 rings (SSSR count). The quantitative estimate of drug-likeness (QED) is 0.382. The molecule has 1 aromatic rings. The van der Waals surface area contributed by atoms with Gasteiger partial charge in [0.05, 0.1) is 4.92 Å². The van der Waals surface area contributed by atoms with Crippen LogP contribution < -0.4 is 4.74 Å². The Kier molecular flexibility index (Phi) is 5.10. The van der Waals surface area contributed by atoms with E-state index in [1.165, 1.54) is 18.2 Å². The van der Waals surface area contributed by atoms with Crippen molar-refractivity contribution in [2.75, 3.05) is 6.61 Å². The Labute approximate surface area is 111 Å². The lowest BCUT2D eigenvalue weighted by molar-refractivity contribution is -0.385. The van der Waals surface area contributed by atoms with E-state index in [1.54, 1.807) is 0 Å². The maximum atomic E-state index is 10.7. The van der Waals surface area contributed by atoms with Crippen molar-refractivity contribution in [3.63, 3.8) is 0 Å². The molecule has 5 heteroatoms. The molecule has 5 nitrogen and oxygen atoms in total. The molecule has 0 radical (unpaired) electrons. The fraction of sp³-hybridized carbons (Fsp3) is 0.286. The van der Waals surface area contributed by atoms with Crippen molar-refractivity contribution in [1.29, 1.82) is 0 Å². The lowest BCUT2D eigenvalue weighted by Crippen LogP contribution is -2.03. The Hall–Kier alpha value is -2.32. The number of aliphatic hydroxyl groups is 1. The zero-order chi connectivity index (χ0) is 14.4. The van der Waals surface area contributed by atoms with Gasteiger partial charge in [-0.05, 0) is 26.0 Å². The van der Waals surface area contributed by atoms with E-state index in [-0.39, 0.29) is 11.3 Å². The molecule has 0 bridgehead atoms. The summed E-state index contributed by atoms with van der Waals surface area (Å²) in [4.78, 5) is 10.2. The van der Waals surface area contributed by atoms with Gasteiger partial charge >= 0.3 is 0 Å². The number of allylic oxidation sites excluding steroid dienone is 1. The molecule has 0 amide bonds. The second kappa shape index (κ2) is 6.57. The van der Waals surface area contributed by atoms with Gasteiger partial charge in [0.2, 0.25) is 0 Å². The van der Waals surface area contributed by atoms with E-state index in [0.29, 0.717) is 12.4 Å². The van der Waals surface area contributed by atoms with Crippen LogP contribution >= 0.6 is 0 Å². The smallest absolute Gasteiger partial charge is 0.270 e. The van der Waals surface area contributed by atoms with Gasteiger partial charge in [0.1, 0.15) is 18.5 Å². The SMILES string of the molecule is C#CC(O)c1cc([N+](=O)[O-])ccc1OCC=C(C)C. The average Bonchev–Trinajstić information content (AvgIpc) is 2.37. The highest BCUT2D eigenvalue weighted by Gasteiger charge is 2.16. The number of aliphatic hydroxyl groups excluding tert-OH is 1. The number of terminal acetylenes is 1. The van der Waals surface area contributed by atoms with Crippen LogP contribution in [0.15, 0.2) is 29.8 Å². The highest BCUT2D eigenvalue weighted by molar-refractivity contribution is 5.46. The van der Waals surface area contributed by atoms with Gasteiger partial charge in [0.25, 0.3) is 5.69 Å². The van der Waals surface area contributed by atoms with Crippen LogP contribution in [-0.4, -0.2) is 16.6 Å². The second-order valence-electron chi connectivity index (χ2n) is 4.14. The molecule has 0 aliphatic carbocycles. The van der Waals surface area contributed by atoms with Gasteiger partial charge in [-0.2, -0.15) is 0 Å². The van der Waals surface area contributed by atoms with Gasteiger partial charge in [-0.25, -0.2) is 0 Å². The van der Waals surface area contributed by atoms with E-state index in [9.17, 15) is 15.2 Å². The predicted molar refractivity (Wildman–Crippen MR) is 71.8 cm³/mol. The van der Waals surface area contributed by atoms with Crippen LogP contribution in [0.5, 0.6) is 5.75 Å². The van der Waals surface area contributed by atoms with Gasteiger partial charge in [-0.15, -0.1) is 6.42 Å². The number of hydrogen-bond donors (Lipinski definition) is 1. The second-order valence-corrected chi connectivity index (χ2v) is 4.14. The minimum Gasteiger partial charge on any atom is -0.489 e. The number of hydrogen-bond acceptors (Lipinski definition) is 4. The van der Waals surface area contributed by atoms with Crippen molar-refractivity contribution in [3.05, 3.63) is 45.5 Å². The van der Waals surface area contributed by atoms with Crippen LogP contribution in [0.4, 0.5) is 5.69 Å². The molecule has 1 unspecified atom stereocenters. The number of nitrogens with zero attached hydrogens (tertiary/aromatic N) is 1. The molecule has 19 heavy (non-hydrogen) atoms. The number of nitro benzene ring substituents is 1. The fourth-order valence-corrected chi connectivity index (χ4v) is 1.38. The molecule has 0 saturated heterocycles. The first kappa shape index (κ1) is 14.7. The summed E-state index contributed by atoms with van der Waals surface area (Å²) in [7, 11) is 0. The average molecular weight is 261 g/mol. The van der Waals surface area contributed by atoms with E-state index < -0.39 is 11.0 Å². The lowest BCUT2D eigenvalue weighted by atomic mass is 10.1. The van der Waals surface area contributed by atoms with Crippen molar-refractivity contribution in [2.45, 2.75) is 20.0 Å². The summed E-state index contributed by atoms with van der Waals surface area (Å²) in [6, 6.07) is 3.97. The molecule has 0 saturated carbocycles. The predicted octanol–water partition coefficient (Wildman–Crippen LogP) is 2.61. The third-order valence-corrected chi connectivity index (χ3v) is 2.39. The summed E-state index contributed by atoms with van der Waals surface area (Å²) < 4.78 is 5.45. The van der Waals surface area contributed by atoms with Crippen molar-refractivity contribution in [3.8, 4) is 18.1 Å². The molecule has 0 aliphatic rings. The van der Waals surface area contributed by atoms with Gasteiger partial charge in [-0.3, -0.25) is 10.1 Å². The highest BCUT2D eigenvalue weighted by atomic mass is 16.6. The molecule has 0 fully saturated rings. The van der Waals surface area contributed by atoms with Crippen LogP contribution in [0.2, 0.25) is 0 Å². The van der Waals surface area contributed by atoms with E-state index in [1.807, 2.05) is 19.9 Å². The third kappa shape index (κ3) is 4.12. The zero-order valence-electron chi connectivity index (χ0n) is 10.8. The van der Waals surface area contributed by atoms with E-state index in [0.717, 1.165) is 5.57 Å². The highest BCUT2D eigenvalue weighted by Crippen LogP contribution is 2.29. The Morgan fingerprint density at radius 1 is 1.63 bits per heavy atom. The Bertz CT molecular complexity index is 539. The largest absolute Gasteiger partial charge is 0.489 e. The first-order chi connectivity index (χ1) is 8.95.